The number of fused-ring (bicyclic) bond motifs is 6. The van der Waals surface area contributed by atoms with Gasteiger partial charge < -0.3 is 9.13 Å². The molecule has 0 radical (unpaired) electrons. The van der Waals surface area contributed by atoms with Crippen LogP contribution in [0.4, 0.5) is 26.3 Å². The zero-order valence-corrected chi connectivity index (χ0v) is 36.9. The molecule has 0 N–H and O–H groups in total. The average molecular weight is 882 g/mol. The van der Waals surface area contributed by atoms with Gasteiger partial charge >= 0.3 is 12.4 Å². The zero-order valence-electron chi connectivity index (χ0n) is 36.9. The summed E-state index contributed by atoms with van der Waals surface area (Å²) in [4.78, 5) is 0. The minimum Gasteiger partial charge on any atom is -0.309 e. The highest BCUT2D eigenvalue weighted by molar-refractivity contribution is 6.13. The lowest BCUT2D eigenvalue weighted by molar-refractivity contribution is -0.142. The average Bonchev–Trinajstić information content (AvgIpc) is 3.76. The molecule has 0 aliphatic rings. The van der Waals surface area contributed by atoms with E-state index in [4.69, 9.17) is 0 Å². The first-order valence-electron chi connectivity index (χ1n) is 21.5. The molecule has 10 rings (SSSR count). The standard InChI is InChI=1S/C57H41F6N3/c1-31-22-33(3)53(34(4)23-31)37-18-20-49-42(26-37)40-12-7-9-16-47(40)65(49)51-29-44(55-45(56(58,59)60)14-11-15-46(55)57(61,62)63)52(28-39(51)30-64)66-48-17-10-8-13-41(48)43-27-38(19-21-50(43)66)54-35(5)24-32(2)25-36(54)6/h7-29H,1-6H3. The van der Waals surface area contributed by atoms with Gasteiger partial charge in [0.15, 0.2) is 0 Å². The number of alkyl halides is 6. The van der Waals surface area contributed by atoms with Crippen LogP contribution in [-0.2, 0) is 12.4 Å². The Morgan fingerprint density at radius 1 is 0.409 bits per heavy atom. The number of benzene rings is 8. The number of rotatable bonds is 5. The van der Waals surface area contributed by atoms with Crippen LogP contribution in [0.5, 0.6) is 0 Å². The predicted molar refractivity (Wildman–Crippen MR) is 255 cm³/mol. The molecule has 9 heteroatoms. The first-order chi connectivity index (χ1) is 31.4. The van der Waals surface area contributed by atoms with E-state index in [1.54, 1.807) is 21.3 Å². The lowest BCUT2D eigenvalue weighted by atomic mass is 9.90. The van der Waals surface area contributed by atoms with Gasteiger partial charge in [-0.05, 0) is 147 Å². The van der Waals surface area contributed by atoms with Gasteiger partial charge in [-0.15, -0.1) is 0 Å². The van der Waals surface area contributed by atoms with Crippen molar-refractivity contribution in [3.63, 3.8) is 0 Å². The molecule has 0 saturated heterocycles. The highest BCUT2D eigenvalue weighted by Gasteiger charge is 2.42. The summed E-state index contributed by atoms with van der Waals surface area (Å²) < 4.78 is 95.5. The Bertz CT molecular complexity index is 3630. The van der Waals surface area contributed by atoms with E-state index < -0.39 is 29.0 Å². The summed E-state index contributed by atoms with van der Waals surface area (Å²) in [5, 5.41) is 14.2. The molecule has 0 unspecified atom stereocenters. The van der Waals surface area contributed by atoms with Crippen molar-refractivity contribution in [3.05, 3.63) is 190 Å². The molecule has 2 heterocycles. The van der Waals surface area contributed by atoms with Gasteiger partial charge in [0.25, 0.3) is 0 Å². The van der Waals surface area contributed by atoms with Crippen molar-refractivity contribution in [3.8, 4) is 50.8 Å². The summed E-state index contributed by atoms with van der Waals surface area (Å²) in [6.07, 6.45) is -10.4. The lowest BCUT2D eigenvalue weighted by Crippen LogP contribution is -2.15. The molecule has 8 aromatic carbocycles. The Labute approximate surface area is 377 Å². The minimum atomic E-state index is -5.18. The summed E-state index contributed by atoms with van der Waals surface area (Å²) in [6, 6.07) is 42.2. The first kappa shape index (κ1) is 42.4. The van der Waals surface area contributed by atoms with Gasteiger partial charge in [-0.1, -0.05) is 90.0 Å². The zero-order chi connectivity index (χ0) is 46.6. The Hall–Kier alpha value is -7.57. The Morgan fingerprint density at radius 2 is 0.818 bits per heavy atom. The van der Waals surface area contributed by atoms with Crippen molar-refractivity contribution in [1.82, 2.24) is 9.13 Å². The highest BCUT2D eigenvalue weighted by Crippen LogP contribution is 2.49. The quantitative estimate of drug-likeness (QED) is 0.159. The summed E-state index contributed by atoms with van der Waals surface area (Å²) in [5.41, 5.74) is 8.80. The molecular formula is C57H41F6N3. The Balaban J connectivity index is 1.33. The van der Waals surface area contributed by atoms with Crippen LogP contribution in [0.15, 0.2) is 140 Å². The highest BCUT2D eigenvalue weighted by atomic mass is 19.4. The van der Waals surface area contributed by atoms with Crippen molar-refractivity contribution in [2.24, 2.45) is 0 Å². The predicted octanol–water partition coefficient (Wildman–Crippen LogP) is 16.6. The topological polar surface area (TPSA) is 33.6 Å². The van der Waals surface area contributed by atoms with Crippen molar-refractivity contribution in [2.75, 3.05) is 0 Å². The van der Waals surface area contributed by atoms with Crippen LogP contribution < -0.4 is 0 Å². The third kappa shape index (κ3) is 6.74. The number of aryl methyl sites for hydroxylation is 6. The van der Waals surface area contributed by atoms with Gasteiger partial charge in [0.05, 0.1) is 50.1 Å². The second kappa shape index (κ2) is 15.3. The maximum Gasteiger partial charge on any atom is 0.417 e. The van der Waals surface area contributed by atoms with Gasteiger partial charge in [0.1, 0.15) is 6.07 Å². The van der Waals surface area contributed by atoms with Gasteiger partial charge in [-0.2, -0.15) is 31.6 Å². The largest absolute Gasteiger partial charge is 0.417 e. The monoisotopic (exact) mass is 881 g/mol. The fourth-order valence-corrected chi connectivity index (χ4v) is 10.6. The van der Waals surface area contributed by atoms with E-state index in [0.717, 1.165) is 83.2 Å². The SMILES string of the molecule is Cc1cc(C)c(-c2ccc3c(c2)c2ccccc2n3-c2cc(-c3c(C(F)(F)F)cccc3C(F)(F)F)c(-n3c4ccccc4c4cc(-c5c(C)cc(C)cc5C)ccc43)cc2C#N)c(C)c1. The molecular weight excluding hydrogens is 841 g/mol. The molecule has 0 aliphatic carbocycles. The molecule has 3 nitrogen and oxygen atoms in total. The van der Waals surface area contributed by atoms with E-state index in [0.29, 0.717) is 34.2 Å². The molecule has 0 bridgehead atoms. The normalized spacial score (nSPS) is 12.2. The van der Waals surface area contributed by atoms with Crippen LogP contribution in [0.2, 0.25) is 0 Å². The smallest absolute Gasteiger partial charge is 0.309 e. The van der Waals surface area contributed by atoms with Crippen LogP contribution >= 0.6 is 0 Å². The number of hydrogen-bond acceptors (Lipinski definition) is 1. The first-order valence-corrected chi connectivity index (χ1v) is 21.5. The van der Waals surface area contributed by atoms with E-state index in [1.165, 1.54) is 12.1 Å². The molecule has 2 aromatic heterocycles. The van der Waals surface area contributed by atoms with Gasteiger partial charge in [0, 0.05) is 32.7 Å². The van der Waals surface area contributed by atoms with Crippen molar-refractivity contribution < 1.29 is 26.3 Å². The van der Waals surface area contributed by atoms with E-state index in [1.807, 2.05) is 94.4 Å². The maximum absolute atomic E-state index is 15.3. The van der Waals surface area contributed by atoms with Crippen molar-refractivity contribution in [1.29, 1.82) is 5.26 Å². The van der Waals surface area contributed by atoms with E-state index in [-0.39, 0.29) is 22.5 Å². The van der Waals surface area contributed by atoms with Crippen LogP contribution in [0, 0.1) is 52.9 Å². The summed E-state index contributed by atoms with van der Waals surface area (Å²) in [7, 11) is 0. The molecule has 0 atom stereocenters. The number of hydrogen-bond donors (Lipinski definition) is 0. The maximum atomic E-state index is 15.3. The molecule has 0 aliphatic heterocycles. The molecule has 0 fully saturated rings. The van der Waals surface area contributed by atoms with Crippen LogP contribution in [-0.4, -0.2) is 9.13 Å². The summed E-state index contributed by atoms with van der Waals surface area (Å²) in [6.45, 7) is 12.3. The Kier molecular flexibility index (Phi) is 9.81. The number of halogens is 6. The van der Waals surface area contributed by atoms with Gasteiger partial charge in [-0.25, -0.2) is 0 Å². The molecule has 326 valence electrons. The number of para-hydroxylation sites is 2. The second-order valence-electron chi connectivity index (χ2n) is 17.4. The van der Waals surface area contributed by atoms with Crippen LogP contribution in [0.1, 0.15) is 50.1 Å². The lowest BCUT2D eigenvalue weighted by Gasteiger charge is -2.24. The molecule has 0 amide bonds. The summed E-state index contributed by atoms with van der Waals surface area (Å²) in [5.74, 6) is 0. The van der Waals surface area contributed by atoms with E-state index in [2.05, 4.69) is 50.2 Å². The number of nitrogens with zero attached hydrogens (tertiary/aromatic N) is 3. The van der Waals surface area contributed by atoms with E-state index >= 15 is 26.3 Å². The Morgan fingerprint density at radius 3 is 1.24 bits per heavy atom. The second-order valence-corrected chi connectivity index (χ2v) is 17.4. The number of nitriles is 1. The molecule has 0 saturated carbocycles. The fourth-order valence-electron chi connectivity index (χ4n) is 10.6. The molecule has 10 aromatic rings. The minimum absolute atomic E-state index is 0.00692. The summed E-state index contributed by atoms with van der Waals surface area (Å²) >= 11 is 0. The molecule has 66 heavy (non-hydrogen) atoms. The van der Waals surface area contributed by atoms with Crippen molar-refractivity contribution >= 4 is 43.6 Å². The van der Waals surface area contributed by atoms with E-state index in [9.17, 15) is 5.26 Å². The fraction of sp³-hybridized carbons (Fsp3) is 0.140. The van der Waals surface area contributed by atoms with Gasteiger partial charge in [0.2, 0.25) is 0 Å². The van der Waals surface area contributed by atoms with Crippen molar-refractivity contribution in [2.45, 2.75) is 53.9 Å². The van der Waals surface area contributed by atoms with Crippen LogP contribution in [0.3, 0.4) is 0 Å². The third-order valence-corrected chi connectivity index (χ3v) is 12.9. The molecule has 0 spiro atoms. The van der Waals surface area contributed by atoms with Crippen LogP contribution in [0.25, 0.3) is 88.4 Å². The number of aromatic nitrogens is 2. The third-order valence-electron chi connectivity index (χ3n) is 12.9. The van der Waals surface area contributed by atoms with Gasteiger partial charge in [-0.3, -0.25) is 0 Å².